The fourth-order valence-electron chi connectivity index (χ4n) is 2.93. The lowest BCUT2D eigenvalue weighted by Crippen LogP contribution is -2.46. The molecule has 0 radical (unpaired) electrons. The molecule has 0 spiro atoms. The summed E-state index contributed by atoms with van der Waals surface area (Å²) in [5.41, 5.74) is 7.25. The second-order valence-corrected chi connectivity index (χ2v) is 6.82. The Morgan fingerprint density at radius 3 is 2.75 bits per heavy atom. The van der Waals surface area contributed by atoms with Crippen molar-refractivity contribution < 1.29 is 4.79 Å². The highest BCUT2D eigenvalue weighted by Gasteiger charge is 2.24. The Morgan fingerprint density at radius 2 is 2.04 bits per heavy atom. The second-order valence-electron chi connectivity index (χ2n) is 6.09. The van der Waals surface area contributed by atoms with Crippen LogP contribution < -0.4 is 10.6 Å². The maximum Gasteiger partial charge on any atom is 0.239 e. The Morgan fingerprint density at radius 1 is 1.25 bits per heavy atom. The highest BCUT2D eigenvalue weighted by molar-refractivity contribution is 7.09. The zero-order chi connectivity index (χ0) is 16.9. The summed E-state index contributed by atoms with van der Waals surface area (Å²) in [7, 11) is 0. The molecule has 7 heteroatoms. The van der Waals surface area contributed by atoms with E-state index in [1.165, 1.54) is 11.5 Å². The van der Waals surface area contributed by atoms with Crippen LogP contribution in [0.25, 0.3) is 0 Å². The number of carbonyl (C=O) groups excluding carboxylic acids is 1. The van der Waals surface area contributed by atoms with Crippen LogP contribution in [0.1, 0.15) is 17.8 Å². The van der Waals surface area contributed by atoms with Crippen molar-refractivity contribution in [2.75, 3.05) is 31.1 Å². The van der Waals surface area contributed by atoms with E-state index in [9.17, 15) is 4.79 Å². The van der Waals surface area contributed by atoms with Crippen LogP contribution >= 0.6 is 11.5 Å². The van der Waals surface area contributed by atoms with Crippen LogP contribution in [0.3, 0.4) is 0 Å². The average molecular weight is 345 g/mol. The summed E-state index contributed by atoms with van der Waals surface area (Å²) < 4.78 is 4.24. The molecular formula is C17H23N5OS. The van der Waals surface area contributed by atoms with Gasteiger partial charge in [0.1, 0.15) is 5.82 Å². The normalized spacial score (nSPS) is 16.8. The Labute approximate surface area is 146 Å². The van der Waals surface area contributed by atoms with Gasteiger partial charge in [-0.3, -0.25) is 4.79 Å². The van der Waals surface area contributed by atoms with E-state index in [1.807, 2.05) is 42.2 Å². The van der Waals surface area contributed by atoms with Gasteiger partial charge in [0, 0.05) is 37.7 Å². The molecule has 1 aromatic heterocycles. The van der Waals surface area contributed by atoms with Gasteiger partial charge < -0.3 is 15.5 Å². The number of hydrogen-bond donors (Lipinski definition) is 1. The van der Waals surface area contributed by atoms with Crippen molar-refractivity contribution in [2.45, 2.75) is 25.8 Å². The summed E-state index contributed by atoms with van der Waals surface area (Å²) in [5.74, 6) is 0.839. The molecule has 1 aliphatic rings. The van der Waals surface area contributed by atoms with Crippen molar-refractivity contribution in [3.8, 4) is 0 Å². The van der Waals surface area contributed by atoms with Crippen LogP contribution in [0.2, 0.25) is 0 Å². The quantitative estimate of drug-likeness (QED) is 0.908. The number of aromatic nitrogens is 2. The van der Waals surface area contributed by atoms with Gasteiger partial charge in [0.2, 0.25) is 11.0 Å². The molecular weight excluding hydrogens is 322 g/mol. The third-order valence-corrected chi connectivity index (χ3v) is 5.08. The molecule has 6 nitrogen and oxygen atoms in total. The number of amides is 1. The number of hydrogen-bond acceptors (Lipinski definition) is 6. The Balaban J connectivity index is 1.58. The number of rotatable bonds is 4. The smallest absolute Gasteiger partial charge is 0.239 e. The SMILES string of the molecule is Cc1nsc(N2CCCN(C(=O)C(N)Cc3ccccc3)CC2)n1. The fraction of sp³-hybridized carbons (Fsp3) is 0.471. The average Bonchev–Trinajstić information content (AvgIpc) is 2.88. The minimum atomic E-state index is -0.484. The van der Waals surface area contributed by atoms with Gasteiger partial charge in [-0.2, -0.15) is 4.37 Å². The first-order chi connectivity index (χ1) is 11.6. The van der Waals surface area contributed by atoms with Crippen LogP contribution in [-0.4, -0.2) is 52.4 Å². The highest BCUT2D eigenvalue weighted by atomic mass is 32.1. The first-order valence-electron chi connectivity index (χ1n) is 8.27. The molecule has 1 aliphatic heterocycles. The summed E-state index contributed by atoms with van der Waals surface area (Å²) in [6, 6.07) is 9.45. The van der Waals surface area contributed by atoms with Gasteiger partial charge in [-0.25, -0.2) is 4.98 Å². The largest absolute Gasteiger partial charge is 0.345 e. The van der Waals surface area contributed by atoms with Crippen LogP contribution in [0.15, 0.2) is 30.3 Å². The van der Waals surface area contributed by atoms with Gasteiger partial charge >= 0.3 is 0 Å². The molecule has 1 aromatic carbocycles. The molecule has 1 amide bonds. The summed E-state index contributed by atoms with van der Waals surface area (Å²) in [4.78, 5) is 21.2. The van der Waals surface area contributed by atoms with Gasteiger partial charge in [-0.05, 0) is 25.3 Å². The Bertz CT molecular complexity index is 675. The molecule has 1 saturated heterocycles. The van der Waals surface area contributed by atoms with Crippen molar-refractivity contribution in [3.05, 3.63) is 41.7 Å². The maximum atomic E-state index is 12.7. The van der Waals surface area contributed by atoms with E-state index in [0.717, 1.165) is 42.6 Å². The molecule has 0 bridgehead atoms. The number of anilines is 1. The van der Waals surface area contributed by atoms with E-state index in [4.69, 9.17) is 5.73 Å². The van der Waals surface area contributed by atoms with E-state index in [0.29, 0.717) is 13.0 Å². The van der Waals surface area contributed by atoms with Crippen molar-refractivity contribution in [2.24, 2.45) is 5.73 Å². The van der Waals surface area contributed by atoms with Gasteiger partial charge in [-0.1, -0.05) is 30.3 Å². The lowest BCUT2D eigenvalue weighted by molar-refractivity contribution is -0.132. The van der Waals surface area contributed by atoms with Crippen molar-refractivity contribution in [1.82, 2.24) is 14.3 Å². The summed E-state index contributed by atoms with van der Waals surface area (Å²) >= 11 is 1.42. The van der Waals surface area contributed by atoms with Gasteiger partial charge in [0.15, 0.2) is 0 Å². The highest BCUT2D eigenvalue weighted by Crippen LogP contribution is 2.19. The second kappa shape index (κ2) is 7.72. The number of carbonyl (C=O) groups is 1. The van der Waals surface area contributed by atoms with Crippen molar-refractivity contribution in [1.29, 1.82) is 0 Å². The summed E-state index contributed by atoms with van der Waals surface area (Å²) in [6.45, 7) is 5.00. The predicted molar refractivity (Wildman–Crippen MR) is 96.2 cm³/mol. The monoisotopic (exact) mass is 345 g/mol. The molecule has 0 aliphatic carbocycles. The number of aryl methyl sites for hydroxylation is 1. The van der Waals surface area contributed by atoms with Gasteiger partial charge in [0.05, 0.1) is 6.04 Å². The molecule has 1 unspecified atom stereocenters. The minimum absolute atomic E-state index is 0.0362. The minimum Gasteiger partial charge on any atom is -0.345 e. The fourth-order valence-corrected chi connectivity index (χ4v) is 3.66. The number of benzene rings is 1. The van der Waals surface area contributed by atoms with Crippen LogP contribution in [0, 0.1) is 6.92 Å². The van der Waals surface area contributed by atoms with Crippen LogP contribution in [0.4, 0.5) is 5.13 Å². The zero-order valence-corrected chi connectivity index (χ0v) is 14.7. The molecule has 128 valence electrons. The lowest BCUT2D eigenvalue weighted by Gasteiger charge is -2.24. The van der Waals surface area contributed by atoms with Gasteiger partial charge in [-0.15, -0.1) is 0 Å². The Kier molecular flexibility index (Phi) is 5.42. The first-order valence-corrected chi connectivity index (χ1v) is 9.04. The molecule has 1 fully saturated rings. The van der Waals surface area contributed by atoms with Crippen molar-refractivity contribution >= 4 is 22.6 Å². The third-order valence-electron chi connectivity index (χ3n) is 4.21. The standard InChI is InChI=1S/C17H23N5OS/c1-13-19-17(24-20-13)22-9-5-8-21(10-11-22)16(23)15(18)12-14-6-3-2-4-7-14/h2-4,6-7,15H,5,8-12,18H2,1H3. The van der Waals surface area contributed by atoms with Crippen LogP contribution in [-0.2, 0) is 11.2 Å². The summed E-state index contributed by atoms with van der Waals surface area (Å²) in [6.07, 6.45) is 1.50. The van der Waals surface area contributed by atoms with E-state index < -0.39 is 6.04 Å². The van der Waals surface area contributed by atoms with Gasteiger partial charge in [0.25, 0.3) is 0 Å². The molecule has 24 heavy (non-hydrogen) atoms. The molecule has 2 N–H and O–H groups in total. The molecule has 2 heterocycles. The summed E-state index contributed by atoms with van der Waals surface area (Å²) in [5, 5.41) is 0.940. The molecule has 0 saturated carbocycles. The van der Waals surface area contributed by atoms with E-state index in [1.54, 1.807) is 0 Å². The topological polar surface area (TPSA) is 75.4 Å². The van der Waals surface area contributed by atoms with Crippen molar-refractivity contribution in [3.63, 3.8) is 0 Å². The number of nitrogens with two attached hydrogens (primary N) is 1. The zero-order valence-electron chi connectivity index (χ0n) is 13.9. The molecule has 2 aromatic rings. The van der Waals surface area contributed by atoms with E-state index in [-0.39, 0.29) is 5.91 Å². The lowest BCUT2D eigenvalue weighted by atomic mass is 10.1. The maximum absolute atomic E-state index is 12.7. The molecule has 3 rings (SSSR count). The first kappa shape index (κ1) is 16.9. The van der Waals surface area contributed by atoms with E-state index >= 15 is 0 Å². The number of nitrogens with zero attached hydrogens (tertiary/aromatic N) is 4. The van der Waals surface area contributed by atoms with E-state index in [2.05, 4.69) is 14.3 Å². The third kappa shape index (κ3) is 4.10. The molecule has 1 atom stereocenters. The van der Waals surface area contributed by atoms with Crippen LogP contribution in [0.5, 0.6) is 0 Å². The predicted octanol–water partition coefficient (Wildman–Crippen LogP) is 1.46. The Hall–Kier alpha value is -1.99.